The third kappa shape index (κ3) is 1.90. The quantitative estimate of drug-likeness (QED) is 0.326. The van der Waals surface area contributed by atoms with Gasteiger partial charge in [-0.25, -0.2) is 0 Å². The minimum atomic E-state index is 0.551. The maximum atomic E-state index is 2.46. The molecule has 0 amide bonds. The van der Waals surface area contributed by atoms with Crippen molar-refractivity contribution in [1.29, 1.82) is 0 Å². The predicted octanol–water partition coefficient (Wildman–Crippen LogP) is 7.08. The second kappa shape index (κ2) is 4.98. The van der Waals surface area contributed by atoms with Crippen LogP contribution in [0.3, 0.4) is 0 Å². The largest absolute Gasteiger partial charge is 0.308 e. The van der Waals surface area contributed by atoms with E-state index in [0.717, 1.165) is 0 Å². The van der Waals surface area contributed by atoms with Gasteiger partial charge in [0, 0.05) is 21.5 Å². The average Bonchev–Trinajstić information content (AvgIpc) is 3.12. The highest BCUT2D eigenvalue weighted by molar-refractivity contribution is 6.23. The molecule has 0 saturated carbocycles. The van der Waals surface area contributed by atoms with Gasteiger partial charge >= 0.3 is 0 Å². The Hall–Kier alpha value is -2.54. The number of hydrogen-bond donors (Lipinski definition) is 0. The third-order valence-corrected chi connectivity index (χ3v) is 5.70. The molecule has 2 aromatic heterocycles. The van der Waals surface area contributed by atoms with Crippen molar-refractivity contribution in [2.75, 3.05) is 0 Å². The van der Waals surface area contributed by atoms with Gasteiger partial charge in [0.05, 0.1) is 16.6 Å². The van der Waals surface area contributed by atoms with Gasteiger partial charge in [-0.05, 0) is 47.2 Å². The first-order valence-corrected chi connectivity index (χ1v) is 9.28. The van der Waals surface area contributed by atoms with Gasteiger partial charge in [-0.1, -0.05) is 58.0 Å². The van der Waals surface area contributed by atoms with Crippen molar-refractivity contribution in [2.24, 2.45) is 0 Å². The maximum absolute atomic E-state index is 2.46. The van der Waals surface area contributed by atoms with Crippen LogP contribution < -0.4 is 0 Å². The Morgan fingerprint density at radius 2 is 1.08 bits per heavy atom. The van der Waals surface area contributed by atoms with Gasteiger partial charge < -0.3 is 4.40 Å². The van der Waals surface area contributed by atoms with Crippen LogP contribution in [0.2, 0.25) is 0 Å². The fourth-order valence-corrected chi connectivity index (χ4v) is 4.24. The van der Waals surface area contributed by atoms with E-state index in [4.69, 9.17) is 0 Å². The molecule has 124 valence electrons. The van der Waals surface area contributed by atoms with Gasteiger partial charge in [-0.15, -0.1) is 0 Å². The molecule has 1 nitrogen and oxygen atoms in total. The van der Waals surface area contributed by atoms with Crippen molar-refractivity contribution in [3.63, 3.8) is 0 Å². The van der Waals surface area contributed by atoms with Crippen LogP contribution in [0.4, 0.5) is 0 Å². The minimum absolute atomic E-state index is 0.551. The van der Waals surface area contributed by atoms with Gasteiger partial charge in [-0.3, -0.25) is 0 Å². The fraction of sp³-hybridized carbons (Fsp3) is 0.250. The highest BCUT2D eigenvalue weighted by atomic mass is 14.9. The predicted molar refractivity (Wildman–Crippen MR) is 109 cm³/mol. The molecule has 0 aliphatic carbocycles. The molecule has 0 atom stereocenters. The molecule has 5 aromatic rings. The number of hydrogen-bond acceptors (Lipinski definition) is 0. The zero-order valence-corrected chi connectivity index (χ0v) is 15.3. The lowest BCUT2D eigenvalue weighted by atomic mass is 9.99. The highest BCUT2D eigenvalue weighted by Crippen LogP contribution is 2.40. The molecule has 0 radical (unpaired) electrons. The van der Waals surface area contributed by atoms with Gasteiger partial charge in [0.25, 0.3) is 0 Å². The van der Waals surface area contributed by atoms with Crippen molar-refractivity contribution >= 4 is 38.1 Å². The van der Waals surface area contributed by atoms with Crippen molar-refractivity contribution < 1.29 is 0 Å². The van der Waals surface area contributed by atoms with Crippen LogP contribution in [0.15, 0.2) is 54.6 Å². The topological polar surface area (TPSA) is 4.41 Å². The van der Waals surface area contributed by atoms with Crippen LogP contribution in [0.5, 0.6) is 0 Å². The van der Waals surface area contributed by atoms with E-state index in [1.165, 1.54) is 49.2 Å². The van der Waals surface area contributed by atoms with Crippen LogP contribution >= 0.6 is 0 Å². The van der Waals surface area contributed by atoms with Crippen molar-refractivity contribution in [3.8, 4) is 0 Å². The number of fused-ring (bicyclic) bond motifs is 6. The standard InChI is InChI=1S/C24H23N/c1-14(2)16-8-10-22-20(12-16)18-6-5-7-19-21-13-17(15(3)4)9-11-23(21)25(22)24(18)19/h5-15H,1-4H3. The number of aromatic nitrogens is 1. The molecule has 5 rings (SSSR count). The third-order valence-electron chi connectivity index (χ3n) is 5.70. The number of rotatable bonds is 2. The van der Waals surface area contributed by atoms with E-state index >= 15 is 0 Å². The number of benzene rings is 3. The Balaban J connectivity index is 2.00. The van der Waals surface area contributed by atoms with Crippen LogP contribution in [0.1, 0.15) is 50.7 Å². The second-order valence-electron chi connectivity index (χ2n) is 7.90. The molecule has 0 saturated heterocycles. The second-order valence-corrected chi connectivity index (χ2v) is 7.90. The molecule has 0 aliphatic rings. The van der Waals surface area contributed by atoms with Crippen molar-refractivity contribution in [1.82, 2.24) is 4.40 Å². The molecule has 0 fully saturated rings. The van der Waals surface area contributed by atoms with Gasteiger partial charge in [0.1, 0.15) is 0 Å². The first-order chi connectivity index (χ1) is 12.1. The Bertz CT molecular complexity index is 1150. The molecule has 25 heavy (non-hydrogen) atoms. The first kappa shape index (κ1) is 14.8. The first-order valence-electron chi connectivity index (χ1n) is 9.28. The lowest BCUT2D eigenvalue weighted by molar-refractivity contribution is 0.868. The Kier molecular flexibility index (Phi) is 2.94. The lowest BCUT2D eigenvalue weighted by Crippen LogP contribution is -1.88. The van der Waals surface area contributed by atoms with Crippen LogP contribution in [0, 0.1) is 0 Å². The van der Waals surface area contributed by atoms with E-state index in [9.17, 15) is 0 Å². The summed E-state index contributed by atoms with van der Waals surface area (Å²) in [5.41, 5.74) is 6.83. The zero-order chi connectivity index (χ0) is 17.3. The summed E-state index contributed by atoms with van der Waals surface area (Å²) in [6.07, 6.45) is 0. The summed E-state index contributed by atoms with van der Waals surface area (Å²) < 4.78 is 2.46. The molecular formula is C24H23N. The van der Waals surface area contributed by atoms with E-state index in [1.54, 1.807) is 0 Å². The summed E-state index contributed by atoms with van der Waals surface area (Å²) in [5.74, 6) is 1.10. The van der Waals surface area contributed by atoms with E-state index < -0.39 is 0 Å². The van der Waals surface area contributed by atoms with E-state index in [-0.39, 0.29) is 0 Å². The lowest BCUT2D eigenvalue weighted by Gasteiger charge is -2.07. The molecule has 2 heterocycles. The fourth-order valence-electron chi connectivity index (χ4n) is 4.24. The molecular weight excluding hydrogens is 302 g/mol. The van der Waals surface area contributed by atoms with Crippen LogP contribution in [0.25, 0.3) is 38.1 Å². The Morgan fingerprint density at radius 3 is 1.52 bits per heavy atom. The summed E-state index contributed by atoms with van der Waals surface area (Å²) in [6.45, 7) is 9.06. The summed E-state index contributed by atoms with van der Waals surface area (Å²) >= 11 is 0. The average molecular weight is 325 g/mol. The normalized spacial score (nSPS) is 12.7. The van der Waals surface area contributed by atoms with Gasteiger partial charge in [0.15, 0.2) is 0 Å². The molecule has 0 unspecified atom stereocenters. The van der Waals surface area contributed by atoms with E-state index in [1.807, 2.05) is 0 Å². The van der Waals surface area contributed by atoms with E-state index in [2.05, 4.69) is 86.7 Å². The van der Waals surface area contributed by atoms with Crippen molar-refractivity contribution in [3.05, 3.63) is 65.7 Å². The van der Waals surface area contributed by atoms with E-state index in [0.29, 0.717) is 11.8 Å². The molecule has 3 aromatic carbocycles. The number of nitrogens with zero attached hydrogens (tertiary/aromatic N) is 1. The molecule has 0 N–H and O–H groups in total. The smallest absolute Gasteiger partial charge is 0.0620 e. The summed E-state index contributed by atoms with van der Waals surface area (Å²) in [7, 11) is 0. The Labute approximate surface area is 148 Å². The molecule has 0 spiro atoms. The number of para-hydroxylation sites is 1. The van der Waals surface area contributed by atoms with Gasteiger partial charge in [-0.2, -0.15) is 0 Å². The minimum Gasteiger partial charge on any atom is -0.308 e. The SMILES string of the molecule is CC(C)c1ccc2c(c1)c1cccc3c4cc(C(C)C)ccc4n2c13. The molecule has 0 bridgehead atoms. The van der Waals surface area contributed by atoms with Gasteiger partial charge in [0.2, 0.25) is 0 Å². The Morgan fingerprint density at radius 1 is 0.600 bits per heavy atom. The monoisotopic (exact) mass is 325 g/mol. The zero-order valence-electron chi connectivity index (χ0n) is 15.3. The molecule has 1 heteroatoms. The summed E-state index contributed by atoms with van der Waals surface area (Å²) in [5, 5.41) is 5.50. The van der Waals surface area contributed by atoms with Crippen LogP contribution in [-0.2, 0) is 0 Å². The summed E-state index contributed by atoms with van der Waals surface area (Å²) in [6, 6.07) is 20.7. The highest BCUT2D eigenvalue weighted by Gasteiger charge is 2.18. The summed E-state index contributed by atoms with van der Waals surface area (Å²) in [4.78, 5) is 0. The van der Waals surface area contributed by atoms with Crippen LogP contribution in [-0.4, -0.2) is 4.40 Å². The van der Waals surface area contributed by atoms with Crippen molar-refractivity contribution in [2.45, 2.75) is 39.5 Å². The maximum Gasteiger partial charge on any atom is 0.0620 e. The molecule has 0 aliphatic heterocycles.